The van der Waals surface area contributed by atoms with Gasteiger partial charge in [0.15, 0.2) is 0 Å². The van der Waals surface area contributed by atoms with Gasteiger partial charge in [0.05, 0.1) is 12.3 Å². The molecule has 120 valence electrons. The highest BCUT2D eigenvalue weighted by Gasteiger charge is 2.28. The van der Waals surface area contributed by atoms with E-state index in [-0.39, 0.29) is 0 Å². The minimum atomic E-state index is 0.377. The molecule has 2 rings (SSSR count). The average Bonchev–Trinajstić information content (AvgIpc) is 2.99. The third-order valence-electron chi connectivity index (χ3n) is 4.22. The zero-order chi connectivity index (χ0) is 15.1. The van der Waals surface area contributed by atoms with Gasteiger partial charge in [0, 0.05) is 32.2 Å². The molecule has 1 aliphatic rings. The molecule has 0 saturated carbocycles. The van der Waals surface area contributed by atoms with Crippen LogP contribution in [0.4, 0.5) is 0 Å². The molecule has 0 radical (unpaired) electrons. The second kappa shape index (κ2) is 8.57. The molecule has 1 N–H and O–H groups in total. The van der Waals surface area contributed by atoms with Crippen molar-refractivity contribution in [1.82, 2.24) is 15.1 Å². The van der Waals surface area contributed by atoms with Gasteiger partial charge >= 0.3 is 0 Å². The van der Waals surface area contributed by atoms with Gasteiger partial charge in [0.25, 0.3) is 0 Å². The molecule has 21 heavy (non-hydrogen) atoms. The molecular weight excluding hydrogens is 262 g/mol. The van der Waals surface area contributed by atoms with E-state index in [1.54, 1.807) is 6.26 Å². The Morgan fingerprint density at radius 2 is 2.14 bits per heavy atom. The summed E-state index contributed by atoms with van der Waals surface area (Å²) in [5.74, 6) is 1.11. The zero-order valence-electron chi connectivity index (χ0n) is 13.8. The van der Waals surface area contributed by atoms with E-state index in [1.165, 1.54) is 25.9 Å². The fraction of sp³-hybridized carbons (Fsp3) is 0.765. The van der Waals surface area contributed by atoms with Crippen LogP contribution in [0.1, 0.15) is 45.4 Å². The van der Waals surface area contributed by atoms with Gasteiger partial charge in [-0.1, -0.05) is 13.8 Å². The van der Waals surface area contributed by atoms with E-state index in [0.29, 0.717) is 12.1 Å². The summed E-state index contributed by atoms with van der Waals surface area (Å²) in [6.07, 6.45) is 4.23. The molecular formula is C17H31N3O. The van der Waals surface area contributed by atoms with Gasteiger partial charge < -0.3 is 14.6 Å². The van der Waals surface area contributed by atoms with Crippen LogP contribution in [0.2, 0.25) is 0 Å². The first-order valence-electron chi connectivity index (χ1n) is 8.47. The summed E-state index contributed by atoms with van der Waals surface area (Å²) >= 11 is 0. The third kappa shape index (κ3) is 4.83. The monoisotopic (exact) mass is 293 g/mol. The fourth-order valence-corrected chi connectivity index (χ4v) is 3.28. The number of furan rings is 1. The summed E-state index contributed by atoms with van der Waals surface area (Å²) in [6.45, 7) is 13.5. The molecule has 2 heterocycles. The van der Waals surface area contributed by atoms with Crippen LogP contribution in [0, 0.1) is 0 Å². The molecule has 0 spiro atoms. The van der Waals surface area contributed by atoms with Crippen molar-refractivity contribution in [2.24, 2.45) is 0 Å². The lowest BCUT2D eigenvalue weighted by molar-refractivity contribution is 0.0951. The molecule has 1 fully saturated rings. The predicted molar refractivity (Wildman–Crippen MR) is 87.5 cm³/mol. The molecule has 1 aliphatic heterocycles. The summed E-state index contributed by atoms with van der Waals surface area (Å²) in [4.78, 5) is 5.16. The molecule has 0 bridgehead atoms. The highest BCUT2D eigenvalue weighted by Crippen LogP contribution is 2.24. The number of piperazine rings is 1. The van der Waals surface area contributed by atoms with E-state index in [0.717, 1.165) is 31.9 Å². The minimum Gasteiger partial charge on any atom is -0.468 e. The average molecular weight is 293 g/mol. The number of rotatable bonds is 8. The molecule has 2 unspecified atom stereocenters. The maximum absolute atomic E-state index is 5.75. The highest BCUT2D eigenvalue weighted by molar-refractivity contribution is 5.06. The van der Waals surface area contributed by atoms with Gasteiger partial charge in [-0.2, -0.15) is 0 Å². The fourth-order valence-electron chi connectivity index (χ4n) is 3.28. The summed E-state index contributed by atoms with van der Waals surface area (Å²) in [5, 5.41) is 3.53. The SMILES string of the molecule is CCCN(CCC)CC(c1ccco1)N1CCNC(C)C1. The van der Waals surface area contributed by atoms with Crippen LogP contribution >= 0.6 is 0 Å². The Morgan fingerprint density at radius 3 is 2.71 bits per heavy atom. The predicted octanol–water partition coefficient (Wildman–Crippen LogP) is 2.74. The number of hydrogen-bond donors (Lipinski definition) is 1. The Kier molecular flexibility index (Phi) is 6.74. The van der Waals surface area contributed by atoms with Crippen molar-refractivity contribution in [2.75, 3.05) is 39.3 Å². The molecule has 2 atom stereocenters. The molecule has 4 heteroatoms. The van der Waals surface area contributed by atoms with Crippen LogP contribution in [0.3, 0.4) is 0 Å². The van der Waals surface area contributed by atoms with Gasteiger partial charge in [-0.25, -0.2) is 0 Å². The van der Waals surface area contributed by atoms with Gasteiger partial charge in [0.2, 0.25) is 0 Å². The van der Waals surface area contributed by atoms with Crippen LogP contribution < -0.4 is 5.32 Å². The Labute approximate surface area is 129 Å². The van der Waals surface area contributed by atoms with Crippen LogP contribution in [-0.4, -0.2) is 55.1 Å². The largest absolute Gasteiger partial charge is 0.468 e. The van der Waals surface area contributed by atoms with Gasteiger partial charge in [-0.3, -0.25) is 4.90 Å². The lowest BCUT2D eigenvalue weighted by Crippen LogP contribution is -2.52. The lowest BCUT2D eigenvalue weighted by atomic mass is 10.1. The maximum Gasteiger partial charge on any atom is 0.122 e. The zero-order valence-corrected chi connectivity index (χ0v) is 13.8. The summed E-state index contributed by atoms with van der Waals surface area (Å²) in [7, 11) is 0. The molecule has 4 nitrogen and oxygen atoms in total. The van der Waals surface area contributed by atoms with Crippen molar-refractivity contribution in [3.8, 4) is 0 Å². The molecule has 1 saturated heterocycles. The second-order valence-corrected chi connectivity index (χ2v) is 6.18. The second-order valence-electron chi connectivity index (χ2n) is 6.18. The Morgan fingerprint density at radius 1 is 1.38 bits per heavy atom. The summed E-state index contributed by atoms with van der Waals surface area (Å²) in [6, 6.07) is 5.08. The first-order chi connectivity index (χ1) is 10.2. The van der Waals surface area contributed by atoms with Crippen LogP contribution in [0.15, 0.2) is 22.8 Å². The van der Waals surface area contributed by atoms with E-state index in [4.69, 9.17) is 4.42 Å². The lowest BCUT2D eigenvalue weighted by Gasteiger charge is -2.39. The van der Waals surface area contributed by atoms with E-state index in [1.807, 2.05) is 6.07 Å². The van der Waals surface area contributed by atoms with Crippen molar-refractivity contribution in [3.63, 3.8) is 0 Å². The van der Waals surface area contributed by atoms with E-state index < -0.39 is 0 Å². The number of nitrogens with zero attached hydrogens (tertiary/aromatic N) is 2. The van der Waals surface area contributed by atoms with Crippen molar-refractivity contribution in [3.05, 3.63) is 24.2 Å². The normalized spacial score (nSPS) is 21.8. The Bertz CT molecular complexity index is 373. The van der Waals surface area contributed by atoms with Gasteiger partial charge in [-0.05, 0) is 45.0 Å². The van der Waals surface area contributed by atoms with Crippen molar-refractivity contribution in [1.29, 1.82) is 0 Å². The van der Waals surface area contributed by atoms with Crippen LogP contribution in [0.5, 0.6) is 0 Å². The third-order valence-corrected chi connectivity index (χ3v) is 4.22. The topological polar surface area (TPSA) is 31.7 Å². The quantitative estimate of drug-likeness (QED) is 0.798. The smallest absolute Gasteiger partial charge is 0.122 e. The standard InChI is InChI=1S/C17H31N3O/c1-4-9-19(10-5-2)14-16(17-7-6-12-21-17)20-11-8-18-15(3)13-20/h6-7,12,15-16,18H,4-5,8-11,13-14H2,1-3H3. The molecule has 0 aliphatic carbocycles. The molecule has 0 amide bonds. The van der Waals surface area contributed by atoms with Crippen molar-refractivity contribution >= 4 is 0 Å². The first kappa shape index (κ1) is 16.5. The van der Waals surface area contributed by atoms with Crippen molar-refractivity contribution in [2.45, 2.75) is 45.7 Å². The van der Waals surface area contributed by atoms with Gasteiger partial charge in [-0.15, -0.1) is 0 Å². The highest BCUT2D eigenvalue weighted by atomic mass is 16.3. The maximum atomic E-state index is 5.75. The first-order valence-corrected chi connectivity index (χ1v) is 8.47. The molecule has 1 aromatic rings. The van der Waals surface area contributed by atoms with Crippen molar-refractivity contribution < 1.29 is 4.42 Å². The van der Waals surface area contributed by atoms with Crippen LogP contribution in [0.25, 0.3) is 0 Å². The Balaban J connectivity index is 2.08. The van der Waals surface area contributed by atoms with E-state index in [2.05, 4.69) is 42.0 Å². The van der Waals surface area contributed by atoms with Crippen LogP contribution in [-0.2, 0) is 0 Å². The number of nitrogens with one attached hydrogen (secondary N) is 1. The minimum absolute atomic E-state index is 0.377. The van der Waals surface area contributed by atoms with Gasteiger partial charge in [0.1, 0.15) is 5.76 Å². The number of hydrogen-bond acceptors (Lipinski definition) is 4. The summed E-state index contributed by atoms with van der Waals surface area (Å²) in [5.41, 5.74) is 0. The summed E-state index contributed by atoms with van der Waals surface area (Å²) < 4.78 is 5.75. The van der Waals surface area contributed by atoms with E-state index in [9.17, 15) is 0 Å². The molecule has 0 aromatic carbocycles. The molecule has 1 aromatic heterocycles. The Hall–Kier alpha value is -0.840. The van der Waals surface area contributed by atoms with E-state index >= 15 is 0 Å².